The number of ether oxygens (including phenoxy) is 2. The van der Waals surface area contributed by atoms with Crippen molar-refractivity contribution in [2.45, 2.75) is 51.2 Å². The fourth-order valence-corrected chi connectivity index (χ4v) is 5.13. The molecule has 0 radical (unpaired) electrons. The fraction of sp³-hybridized carbons (Fsp3) is 0.423. The van der Waals surface area contributed by atoms with E-state index < -0.39 is 11.7 Å². The van der Waals surface area contributed by atoms with E-state index in [1.54, 1.807) is 20.1 Å². The van der Waals surface area contributed by atoms with E-state index in [0.717, 1.165) is 17.5 Å². The minimum Gasteiger partial charge on any atom is -0.507 e. The van der Waals surface area contributed by atoms with Crippen molar-refractivity contribution in [1.82, 2.24) is 0 Å². The first kappa shape index (κ1) is 21.4. The molecule has 2 aromatic carbocycles. The van der Waals surface area contributed by atoms with Gasteiger partial charge in [0.2, 0.25) is 0 Å². The average Bonchev–Trinajstić information content (AvgIpc) is 3.13. The van der Waals surface area contributed by atoms with Crippen LogP contribution in [-0.2, 0) is 0 Å². The van der Waals surface area contributed by atoms with Crippen LogP contribution >= 0.6 is 0 Å². The lowest BCUT2D eigenvalue weighted by Crippen LogP contribution is -2.51. The molecule has 0 unspecified atom stereocenters. The van der Waals surface area contributed by atoms with Crippen molar-refractivity contribution in [3.05, 3.63) is 59.2 Å². The van der Waals surface area contributed by atoms with Crippen LogP contribution in [0.15, 0.2) is 42.5 Å². The number of carbonyl (C=O) groups excluding carboxylic acids is 1. The van der Waals surface area contributed by atoms with Crippen molar-refractivity contribution in [2.75, 3.05) is 7.11 Å². The molecule has 2 aromatic rings. The molecule has 0 saturated heterocycles. The molecule has 0 spiro atoms. The van der Waals surface area contributed by atoms with Gasteiger partial charge in [0, 0.05) is 17.5 Å². The summed E-state index contributed by atoms with van der Waals surface area (Å²) in [6, 6.07) is 11.0. The average molecular weight is 423 g/mol. The topological polar surface area (TPSA) is 76.0 Å². The molecular formula is C26H30O5. The number of hydrogen-bond donors (Lipinski definition) is 2. The lowest BCUT2D eigenvalue weighted by atomic mass is 9.65. The van der Waals surface area contributed by atoms with Gasteiger partial charge in [-0.25, -0.2) is 0 Å². The molecule has 2 N–H and O–H groups in total. The molecule has 1 heterocycles. The van der Waals surface area contributed by atoms with Crippen molar-refractivity contribution >= 4 is 11.9 Å². The lowest BCUT2D eigenvalue weighted by molar-refractivity contribution is -0.0919. The molecule has 0 aromatic heterocycles. The van der Waals surface area contributed by atoms with Gasteiger partial charge in [0.05, 0.1) is 12.7 Å². The third-order valence-electron chi connectivity index (χ3n) is 6.77. The summed E-state index contributed by atoms with van der Waals surface area (Å²) >= 11 is 0. The van der Waals surface area contributed by atoms with E-state index in [9.17, 15) is 15.0 Å². The Bertz CT molecular complexity index is 1010. The van der Waals surface area contributed by atoms with Crippen LogP contribution in [-0.4, -0.2) is 34.8 Å². The molecule has 4 atom stereocenters. The molecular weight excluding hydrogens is 392 g/mol. The Morgan fingerprint density at radius 3 is 2.65 bits per heavy atom. The van der Waals surface area contributed by atoms with E-state index >= 15 is 0 Å². The Morgan fingerprint density at radius 2 is 2.00 bits per heavy atom. The standard InChI is InChI=1S/C26H30O5/c1-15(2)17-12-13-26(3,29)25-21(17)23-20(30-4)14-19(28)22(24(23)31-25)18(27)11-10-16-8-6-5-7-9-16/h5-11,14-15,17,21,25,28-29H,12-13H2,1-4H3/t17-,21+,25-,26+/m0/s1. The number of aromatic hydroxyl groups is 1. The Kier molecular flexibility index (Phi) is 5.56. The summed E-state index contributed by atoms with van der Waals surface area (Å²) in [4.78, 5) is 13.2. The normalized spacial score (nSPS) is 27.1. The van der Waals surface area contributed by atoms with Crippen LogP contribution in [0.2, 0.25) is 0 Å². The van der Waals surface area contributed by atoms with Gasteiger partial charge >= 0.3 is 0 Å². The smallest absolute Gasteiger partial charge is 0.193 e. The second-order valence-corrected chi connectivity index (χ2v) is 9.19. The van der Waals surface area contributed by atoms with Crippen molar-refractivity contribution in [3.63, 3.8) is 0 Å². The number of carbonyl (C=O) groups is 1. The maximum absolute atomic E-state index is 13.2. The zero-order valence-corrected chi connectivity index (χ0v) is 18.5. The summed E-state index contributed by atoms with van der Waals surface area (Å²) in [5.74, 6) is 0.826. The van der Waals surface area contributed by atoms with E-state index in [4.69, 9.17) is 9.47 Å². The molecule has 1 aliphatic carbocycles. The molecule has 0 amide bonds. The summed E-state index contributed by atoms with van der Waals surface area (Å²) in [6.45, 7) is 6.12. The molecule has 5 heteroatoms. The number of allylic oxidation sites excluding steroid dienone is 1. The minimum atomic E-state index is -1.03. The van der Waals surface area contributed by atoms with Crippen molar-refractivity contribution < 1.29 is 24.5 Å². The maximum atomic E-state index is 13.2. The quantitative estimate of drug-likeness (QED) is 0.526. The number of ketones is 1. The number of methoxy groups -OCH3 is 1. The number of fused-ring (bicyclic) bond motifs is 3. The second kappa shape index (κ2) is 8.04. The first-order chi connectivity index (χ1) is 14.7. The van der Waals surface area contributed by atoms with E-state index in [2.05, 4.69) is 13.8 Å². The summed E-state index contributed by atoms with van der Waals surface area (Å²) in [7, 11) is 1.55. The van der Waals surface area contributed by atoms with Gasteiger partial charge in [-0.2, -0.15) is 0 Å². The first-order valence-electron chi connectivity index (χ1n) is 10.8. The van der Waals surface area contributed by atoms with Gasteiger partial charge in [0.25, 0.3) is 0 Å². The predicted octanol–water partition coefficient (Wildman–Crippen LogP) is 4.96. The molecule has 31 heavy (non-hydrogen) atoms. The van der Waals surface area contributed by atoms with E-state index in [0.29, 0.717) is 23.8 Å². The summed E-state index contributed by atoms with van der Waals surface area (Å²) < 4.78 is 11.9. The van der Waals surface area contributed by atoms with Gasteiger partial charge < -0.3 is 19.7 Å². The zero-order valence-electron chi connectivity index (χ0n) is 18.5. The molecule has 1 saturated carbocycles. The predicted molar refractivity (Wildman–Crippen MR) is 120 cm³/mol. The van der Waals surface area contributed by atoms with Crippen LogP contribution in [0, 0.1) is 11.8 Å². The van der Waals surface area contributed by atoms with Crippen molar-refractivity contribution in [3.8, 4) is 17.2 Å². The number of phenolic OH excluding ortho intramolecular Hbond substituents is 1. The second-order valence-electron chi connectivity index (χ2n) is 9.19. The Balaban J connectivity index is 1.82. The third kappa shape index (κ3) is 3.72. The molecule has 1 fully saturated rings. The highest BCUT2D eigenvalue weighted by Gasteiger charge is 2.55. The van der Waals surface area contributed by atoms with E-state index in [1.807, 2.05) is 30.3 Å². The number of rotatable bonds is 5. The van der Waals surface area contributed by atoms with Gasteiger partial charge in [0.1, 0.15) is 28.9 Å². The largest absolute Gasteiger partial charge is 0.507 e. The maximum Gasteiger partial charge on any atom is 0.193 e. The van der Waals surface area contributed by atoms with Crippen LogP contribution in [0.1, 0.15) is 61.0 Å². The van der Waals surface area contributed by atoms with Crippen LogP contribution in [0.5, 0.6) is 17.2 Å². The molecule has 1 aliphatic heterocycles. The van der Waals surface area contributed by atoms with Crippen molar-refractivity contribution in [1.29, 1.82) is 0 Å². The molecule has 5 nitrogen and oxygen atoms in total. The monoisotopic (exact) mass is 422 g/mol. The van der Waals surface area contributed by atoms with Gasteiger partial charge in [-0.3, -0.25) is 4.79 Å². The van der Waals surface area contributed by atoms with Crippen LogP contribution in [0.3, 0.4) is 0 Å². The van der Waals surface area contributed by atoms with Crippen LogP contribution < -0.4 is 9.47 Å². The van der Waals surface area contributed by atoms with Gasteiger partial charge in [-0.1, -0.05) is 50.3 Å². The van der Waals surface area contributed by atoms with Crippen LogP contribution in [0.4, 0.5) is 0 Å². The molecule has 2 aliphatic rings. The van der Waals surface area contributed by atoms with E-state index in [1.165, 1.54) is 12.1 Å². The summed E-state index contributed by atoms with van der Waals surface area (Å²) in [6.07, 6.45) is 4.14. The lowest BCUT2D eigenvalue weighted by Gasteiger charge is -2.44. The fourth-order valence-electron chi connectivity index (χ4n) is 5.13. The zero-order chi connectivity index (χ0) is 22.3. The Labute approximate surface area is 183 Å². The highest BCUT2D eigenvalue weighted by Crippen LogP contribution is 2.58. The molecule has 164 valence electrons. The number of phenols is 1. The summed E-state index contributed by atoms with van der Waals surface area (Å²) in [5.41, 5.74) is 0.754. The SMILES string of the molecule is COc1cc(O)c(C(=O)C=Cc2ccccc2)c2c1[C@H]1[C@H](C(C)C)CC[C@@](C)(O)[C@H]1O2. The minimum absolute atomic E-state index is 0.112. The van der Waals surface area contributed by atoms with Gasteiger partial charge in [-0.05, 0) is 43.2 Å². The Hall–Kier alpha value is -2.79. The third-order valence-corrected chi connectivity index (χ3v) is 6.77. The molecule has 4 rings (SSSR count). The highest BCUT2D eigenvalue weighted by atomic mass is 16.5. The number of aliphatic hydroxyl groups is 1. The van der Waals surface area contributed by atoms with Gasteiger partial charge in [0.15, 0.2) is 5.78 Å². The van der Waals surface area contributed by atoms with Gasteiger partial charge in [-0.15, -0.1) is 0 Å². The van der Waals surface area contributed by atoms with E-state index in [-0.39, 0.29) is 28.9 Å². The Morgan fingerprint density at radius 1 is 1.29 bits per heavy atom. The highest BCUT2D eigenvalue weighted by molar-refractivity contribution is 6.11. The number of hydrogen-bond acceptors (Lipinski definition) is 5. The summed E-state index contributed by atoms with van der Waals surface area (Å²) in [5, 5.41) is 21.8. The molecule has 0 bridgehead atoms. The van der Waals surface area contributed by atoms with Crippen molar-refractivity contribution in [2.24, 2.45) is 11.8 Å². The number of benzene rings is 2. The first-order valence-corrected chi connectivity index (χ1v) is 10.8. The van der Waals surface area contributed by atoms with Crippen LogP contribution in [0.25, 0.3) is 6.08 Å².